The maximum absolute atomic E-state index is 11.9. The first-order valence-corrected chi connectivity index (χ1v) is 6.44. The molecule has 5 heteroatoms. The van der Waals surface area contributed by atoms with Gasteiger partial charge in [-0.3, -0.25) is 4.79 Å². The van der Waals surface area contributed by atoms with E-state index < -0.39 is 5.97 Å². The zero-order valence-corrected chi connectivity index (χ0v) is 12.1. The van der Waals surface area contributed by atoms with Crippen molar-refractivity contribution in [2.75, 3.05) is 13.6 Å². The van der Waals surface area contributed by atoms with Crippen molar-refractivity contribution >= 4 is 12.0 Å². The van der Waals surface area contributed by atoms with Crippen molar-refractivity contribution in [3.63, 3.8) is 0 Å². The predicted octanol–water partition coefficient (Wildman–Crippen LogP) is 2.32. The third-order valence-corrected chi connectivity index (χ3v) is 3.53. The molecule has 1 atom stereocenters. The molecule has 0 heterocycles. The molecule has 0 aliphatic heterocycles. The fraction of sp³-hybridized carbons (Fsp3) is 0.846. The van der Waals surface area contributed by atoms with E-state index in [4.69, 9.17) is 5.11 Å². The molecule has 0 aromatic rings. The van der Waals surface area contributed by atoms with Crippen LogP contribution in [-0.4, -0.2) is 41.1 Å². The van der Waals surface area contributed by atoms with Crippen LogP contribution < -0.4 is 5.32 Å². The van der Waals surface area contributed by atoms with E-state index in [1.807, 2.05) is 27.7 Å². The number of carbonyl (C=O) groups is 2. The molecule has 2 amide bonds. The molecule has 0 aromatic carbocycles. The van der Waals surface area contributed by atoms with Crippen LogP contribution in [0.5, 0.6) is 0 Å². The van der Waals surface area contributed by atoms with Crippen LogP contribution >= 0.6 is 0 Å². The van der Waals surface area contributed by atoms with Crippen molar-refractivity contribution in [1.29, 1.82) is 0 Å². The Morgan fingerprint density at radius 2 is 1.94 bits per heavy atom. The van der Waals surface area contributed by atoms with Crippen molar-refractivity contribution in [3.05, 3.63) is 0 Å². The van der Waals surface area contributed by atoms with Gasteiger partial charge in [0.2, 0.25) is 0 Å². The number of nitrogens with one attached hydrogen (secondary N) is 1. The molecule has 0 aliphatic rings. The lowest BCUT2D eigenvalue weighted by molar-refractivity contribution is -0.137. The Kier molecular flexibility index (Phi) is 6.73. The summed E-state index contributed by atoms with van der Waals surface area (Å²) in [6.45, 7) is 8.52. The minimum atomic E-state index is -0.794. The number of rotatable bonds is 7. The summed E-state index contributed by atoms with van der Waals surface area (Å²) in [7, 11) is 1.78. The first-order chi connectivity index (χ1) is 8.20. The highest BCUT2D eigenvalue weighted by atomic mass is 16.4. The molecule has 0 aromatic heterocycles. The van der Waals surface area contributed by atoms with Gasteiger partial charge in [-0.1, -0.05) is 13.8 Å². The molecule has 1 unspecified atom stereocenters. The molecule has 0 fully saturated rings. The third-order valence-electron chi connectivity index (χ3n) is 3.53. The van der Waals surface area contributed by atoms with Crippen LogP contribution in [0.4, 0.5) is 4.79 Å². The average Bonchev–Trinajstić information content (AvgIpc) is 2.32. The maximum atomic E-state index is 11.9. The van der Waals surface area contributed by atoms with Gasteiger partial charge in [-0.2, -0.15) is 0 Å². The molecule has 106 valence electrons. The van der Waals surface area contributed by atoms with Gasteiger partial charge in [0, 0.05) is 25.6 Å². The lowest BCUT2D eigenvalue weighted by Crippen LogP contribution is -2.49. The quantitative estimate of drug-likeness (QED) is 0.736. The normalized spacial score (nSPS) is 12.9. The number of nitrogens with zero attached hydrogens (tertiary/aromatic N) is 1. The Labute approximate surface area is 110 Å². The van der Waals surface area contributed by atoms with E-state index in [1.165, 1.54) is 0 Å². The molecule has 0 saturated carbocycles. The van der Waals surface area contributed by atoms with E-state index in [2.05, 4.69) is 5.32 Å². The fourth-order valence-corrected chi connectivity index (χ4v) is 1.36. The smallest absolute Gasteiger partial charge is 0.317 e. The predicted molar refractivity (Wildman–Crippen MR) is 71.6 cm³/mol. The van der Waals surface area contributed by atoms with Gasteiger partial charge in [0.15, 0.2) is 0 Å². The van der Waals surface area contributed by atoms with Crippen LogP contribution in [0.1, 0.15) is 47.0 Å². The molecule has 5 nitrogen and oxygen atoms in total. The summed E-state index contributed by atoms with van der Waals surface area (Å²) in [4.78, 5) is 24.0. The Morgan fingerprint density at radius 3 is 2.39 bits per heavy atom. The zero-order valence-electron chi connectivity index (χ0n) is 12.1. The number of carbonyl (C=O) groups excluding carboxylic acids is 1. The average molecular weight is 258 g/mol. The highest BCUT2D eigenvalue weighted by molar-refractivity contribution is 5.74. The van der Waals surface area contributed by atoms with Crippen LogP contribution in [0.2, 0.25) is 0 Å². The van der Waals surface area contributed by atoms with Gasteiger partial charge in [-0.05, 0) is 32.6 Å². The van der Waals surface area contributed by atoms with Crippen molar-refractivity contribution in [1.82, 2.24) is 10.2 Å². The van der Waals surface area contributed by atoms with Crippen LogP contribution in [-0.2, 0) is 4.79 Å². The van der Waals surface area contributed by atoms with E-state index in [0.29, 0.717) is 13.0 Å². The topological polar surface area (TPSA) is 69.6 Å². The summed E-state index contributed by atoms with van der Waals surface area (Å²) < 4.78 is 0. The first kappa shape index (κ1) is 16.7. The van der Waals surface area contributed by atoms with Gasteiger partial charge in [0.25, 0.3) is 0 Å². The fourth-order valence-electron chi connectivity index (χ4n) is 1.36. The van der Waals surface area contributed by atoms with Gasteiger partial charge in [0.05, 0.1) is 0 Å². The second-order valence-electron chi connectivity index (χ2n) is 5.45. The Balaban J connectivity index is 4.06. The Hall–Kier alpha value is -1.26. The van der Waals surface area contributed by atoms with Gasteiger partial charge < -0.3 is 15.3 Å². The number of hydrogen-bond acceptors (Lipinski definition) is 2. The molecular formula is C13H26N2O3. The summed E-state index contributed by atoms with van der Waals surface area (Å²) in [5.74, 6) is -0.624. The first-order valence-electron chi connectivity index (χ1n) is 6.44. The molecule has 0 aliphatic carbocycles. The van der Waals surface area contributed by atoms with Crippen LogP contribution in [0, 0.1) is 5.92 Å². The van der Waals surface area contributed by atoms with E-state index in [0.717, 1.165) is 6.42 Å². The van der Waals surface area contributed by atoms with Crippen LogP contribution in [0.3, 0.4) is 0 Å². The molecule has 0 rings (SSSR count). The Morgan fingerprint density at radius 1 is 1.39 bits per heavy atom. The van der Waals surface area contributed by atoms with E-state index in [9.17, 15) is 9.59 Å². The summed E-state index contributed by atoms with van der Waals surface area (Å²) in [5.41, 5.74) is -0.172. The number of amides is 2. The minimum absolute atomic E-state index is 0.107. The number of hydrogen-bond donors (Lipinski definition) is 2. The van der Waals surface area contributed by atoms with Gasteiger partial charge in [0.1, 0.15) is 0 Å². The van der Waals surface area contributed by atoms with E-state index >= 15 is 0 Å². The lowest BCUT2D eigenvalue weighted by Gasteiger charge is -2.35. The van der Waals surface area contributed by atoms with Crippen molar-refractivity contribution in [3.8, 4) is 0 Å². The minimum Gasteiger partial charge on any atom is -0.481 e. The summed E-state index contributed by atoms with van der Waals surface area (Å²) >= 11 is 0. The van der Waals surface area contributed by atoms with Gasteiger partial charge in [-0.25, -0.2) is 4.79 Å². The number of aliphatic carboxylic acids is 1. The van der Waals surface area contributed by atoms with Gasteiger partial charge in [-0.15, -0.1) is 0 Å². The molecule has 2 N–H and O–H groups in total. The highest BCUT2D eigenvalue weighted by Crippen LogP contribution is 2.16. The van der Waals surface area contributed by atoms with Crippen LogP contribution in [0.25, 0.3) is 0 Å². The van der Waals surface area contributed by atoms with Crippen LogP contribution in [0.15, 0.2) is 0 Å². The van der Waals surface area contributed by atoms with Crippen molar-refractivity contribution in [2.24, 2.45) is 5.92 Å². The van der Waals surface area contributed by atoms with Gasteiger partial charge >= 0.3 is 12.0 Å². The maximum Gasteiger partial charge on any atom is 0.317 e. The van der Waals surface area contributed by atoms with E-state index in [-0.39, 0.29) is 23.9 Å². The second-order valence-corrected chi connectivity index (χ2v) is 5.45. The van der Waals surface area contributed by atoms with Crippen molar-refractivity contribution < 1.29 is 14.7 Å². The molecule has 0 saturated heterocycles. The summed E-state index contributed by atoms with van der Waals surface area (Å²) in [6, 6.07) is -0.107. The molecule has 0 radical (unpaired) electrons. The second kappa shape index (κ2) is 7.24. The van der Waals surface area contributed by atoms with E-state index in [1.54, 1.807) is 11.9 Å². The Bertz CT molecular complexity index is 290. The molecule has 0 spiro atoms. The monoisotopic (exact) mass is 258 g/mol. The standard InChI is InChI=1S/C13H26N2O3/c1-6-13(3,4)15(5)12(18)14-9-10(2)7-8-11(16)17/h10H,6-9H2,1-5H3,(H,14,18)(H,16,17). The summed E-state index contributed by atoms with van der Waals surface area (Å²) in [6.07, 6.45) is 1.61. The van der Waals surface area contributed by atoms with Crippen molar-refractivity contribution in [2.45, 2.75) is 52.5 Å². The lowest BCUT2D eigenvalue weighted by atomic mass is 10.0. The molecular weight excluding hydrogens is 232 g/mol. The molecule has 18 heavy (non-hydrogen) atoms. The number of carboxylic acid groups (broad SMARTS) is 1. The number of carboxylic acids is 1. The largest absolute Gasteiger partial charge is 0.481 e. The SMILES string of the molecule is CCC(C)(C)N(C)C(=O)NCC(C)CCC(=O)O. The highest BCUT2D eigenvalue weighted by Gasteiger charge is 2.25. The number of urea groups is 1. The zero-order chi connectivity index (χ0) is 14.3. The third kappa shape index (κ3) is 5.89. The molecule has 0 bridgehead atoms. The summed E-state index contributed by atoms with van der Waals surface area (Å²) in [5, 5.41) is 11.4.